The molecule has 0 radical (unpaired) electrons. The van der Waals surface area contributed by atoms with Crippen LogP contribution >= 0.6 is 0 Å². The topological polar surface area (TPSA) is 164 Å². The molecule has 0 aromatic carbocycles. The van der Waals surface area contributed by atoms with Gasteiger partial charge in [-0.25, -0.2) is 0 Å². The van der Waals surface area contributed by atoms with Crippen molar-refractivity contribution in [1.82, 2.24) is 20.4 Å². The molecule has 0 saturated heterocycles. The number of aliphatic hydroxyl groups is 1. The number of aliphatic hydroxyl groups excluding tert-OH is 1. The maximum absolute atomic E-state index is 11.8. The highest BCUT2D eigenvalue weighted by atomic mass is 16.5. The summed E-state index contributed by atoms with van der Waals surface area (Å²) in [6.07, 6.45) is 5.56. The van der Waals surface area contributed by atoms with E-state index in [9.17, 15) is 29.1 Å². The van der Waals surface area contributed by atoms with E-state index in [1.807, 2.05) is 0 Å². The Labute approximate surface area is 215 Å². The second kappa shape index (κ2) is 17.3. The van der Waals surface area contributed by atoms with Gasteiger partial charge >= 0.3 is 0 Å². The van der Waals surface area contributed by atoms with Gasteiger partial charge in [-0.3, -0.25) is 28.9 Å². The third-order valence-corrected chi connectivity index (χ3v) is 5.38. The van der Waals surface area contributed by atoms with E-state index >= 15 is 0 Å². The number of carbonyl (C=O) groups is 5. The Bertz CT molecular complexity index is 828. The molecular formula is C24H36N4O9. The van der Waals surface area contributed by atoms with Crippen molar-refractivity contribution in [2.24, 2.45) is 0 Å². The summed E-state index contributed by atoms with van der Waals surface area (Å²) in [5, 5.41) is 15.0. The molecule has 1 atom stereocenters. The van der Waals surface area contributed by atoms with Crippen molar-refractivity contribution in [3.8, 4) is 0 Å². The molecule has 5 amide bonds. The van der Waals surface area contributed by atoms with E-state index in [0.29, 0.717) is 65.6 Å². The molecule has 1 unspecified atom stereocenters. The number of hydrogen-bond acceptors (Lipinski definition) is 9. The van der Waals surface area contributed by atoms with Crippen LogP contribution in [-0.4, -0.2) is 116 Å². The summed E-state index contributed by atoms with van der Waals surface area (Å²) in [5.41, 5.74) is 0. The van der Waals surface area contributed by atoms with Crippen molar-refractivity contribution in [3.05, 3.63) is 24.3 Å². The Morgan fingerprint density at radius 2 is 1.22 bits per heavy atom. The fourth-order valence-corrected chi connectivity index (χ4v) is 3.35. The van der Waals surface area contributed by atoms with Gasteiger partial charge < -0.3 is 34.9 Å². The predicted octanol–water partition coefficient (Wildman–Crippen LogP) is -1.53. The summed E-state index contributed by atoms with van der Waals surface area (Å²) in [5.74, 6) is -1.51. The molecule has 2 heterocycles. The zero-order valence-corrected chi connectivity index (χ0v) is 20.9. The van der Waals surface area contributed by atoms with Gasteiger partial charge in [0.2, 0.25) is 17.7 Å². The number of nitrogens with one attached hydrogen (secondary N) is 2. The first-order chi connectivity index (χ1) is 17.9. The highest BCUT2D eigenvalue weighted by molar-refractivity contribution is 6.13. The molecule has 2 aliphatic heterocycles. The third-order valence-electron chi connectivity index (χ3n) is 5.38. The average molecular weight is 525 g/mol. The quantitative estimate of drug-likeness (QED) is 0.127. The first kappa shape index (κ1) is 30.1. The van der Waals surface area contributed by atoms with Crippen LogP contribution in [0.1, 0.15) is 25.7 Å². The molecule has 0 saturated carbocycles. The average Bonchev–Trinajstić information content (AvgIpc) is 3.37. The van der Waals surface area contributed by atoms with Crippen molar-refractivity contribution in [1.29, 1.82) is 0 Å². The van der Waals surface area contributed by atoms with Crippen molar-refractivity contribution in [2.75, 3.05) is 65.8 Å². The van der Waals surface area contributed by atoms with Gasteiger partial charge in [0.15, 0.2) is 0 Å². The van der Waals surface area contributed by atoms with E-state index in [4.69, 9.17) is 14.2 Å². The maximum atomic E-state index is 11.8. The van der Waals surface area contributed by atoms with E-state index in [-0.39, 0.29) is 43.7 Å². The summed E-state index contributed by atoms with van der Waals surface area (Å²) in [6.45, 7) is 3.74. The molecule has 0 fully saturated rings. The molecule has 37 heavy (non-hydrogen) atoms. The minimum atomic E-state index is -0.958. The number of rotatable bonds is 20. The minimum Gasteiger partial charge on any atom is -0.379 e. The van der Waals surface area contributed by atoms with E-state index < -0.39 is 18.0 Å². The largest absolute Gasteiger partial charge is 0.379 e. The molecule has 0 aliphatic carbocycles. The van der Waals surface area contributed by atoms with Crippen LogP contribution in [0.2, 0.25) is 0 Å². The zero-order valence-electron chi connectivity index (χ0n) is 20.9. The fraction of sp³-hybridized carbons (Fsp3) is 0.625. The number of amides is 5. The van der Waals surface area contributed by atoms with Crippen LogP contribution in [0.3, 0.4) is 0 Å². The summed E-state index contributed by atoms with van der Waals surface area (Å²) in [7, 11) is 0. The normalized spacial score (nSPS) is 16.8. The van der Waals surface area contributed by atoms with Gasteiger partial charge in [-0.1, -0.05) is 0 Å². The van der Waals surface area contributed by atoms with Gasteiger partial charge in [0, 0.05) is 70.5 Å². The molecule has 13 heteroatoms. The Hall–Kier alpha value is -3.13. The van der Waals surface area contributed by atoms with Gasteiger partial charge in [0.1, 0.15) is 6.23 Å². The van der Waals surface area contributed by atoms with E-state index in [1.165, 1.54) is 29.2 Å². The smallest absolute Gasteiger partial charge is 0.253 e. The lowest BCUT2D eigenvalue weighted by molar-refractivity contribution is -0.137. The van der Waals surface area contributed by atoms with Gasteiger partial charge in [-0.15, -0.1) is 0 Å². The Kier molecular flexibility index (Phi) is 14.1. The first-order valence-corrected chi connectivity index (χ1v) is 12.4. The molecule has 13 nitrogen and oxygen atoms in total. The number of ether oxygens (including phenoxy) is 3. The van der Waals surface area contributed by atoms with E-state index in [1.54, 1.807) is 0 Å². The van der Waals surface area contributed by atoms with E-state index in [2.05, 4.69) is 10.6 Å². The number of carbonyl (C=O) groups excluding carboxylic acids is 5. The number of imide groups is 1. The third kappa shape index (κ3) is 12.1. The van der Waals surface area contributed by atoms with Crippen molar-refractivity contribution < 1.29 is 43.3 Å². The van der Waals surface area contributed by atoms with Crippen LogP contribution < -0.4 is 10.6 Å². The molecule has 0 aromatic heterocycles. The first-order valence-electron chi connectivity index (χ1n) is 12.4. The summed E-state index contributed by atoms with van der Waals surface area (Å²) < 4.78 is 16.3. The molecule has 2 rings (SSSR count). The van der Waals surface area contributed by atoms with Crippen LogP contribution in [0.4, 0.5) is 0 Å². The van der Waals surface area contributed by atoms with Gasteiger partial charge in [-0.05, 0) is 18.9 Å². The monoisotopic (exact) mass is 524 g/mol. The van der Waals surface area contributed by atoms with Crippen molar-refractivity contribution >= 4 is 29.5 Å². The lowest BCUT2D eigenvalue weighted by Gasteiger charge is -2.19. The Morgan fingerprint density at radius 3 is 1.70 bits per heavy atom. The van der Waals surface area contributed by atoms with Crippen LogP contribution in [0.5, 0.6) is 0 Å². The highest BCUT2D eigenvalue weighted by Crippen LogP contribution is 2.08. The summed E-state index contributed by atoms with van der Waals surface area (Å²) in [4.78, 5) is 60.1. The zero-order chi connectivity index (χ0) is 26.9. The van der Waals surface area contributed by atoms with Crippen molar-refractivity contribution in [2.45, 2.75) is 31.9 Å². The molecule has 0 bridgehead atoms. The summed E-state index contributed by atoms with van der Waals surface area (Å²) >= 11 is 0. The second-order valence-corrected chi connectivity index (χ2v) is 8.21. The molecule has 0 aromatic rings. The SMILES string of the molecule is O=C(CCN1C(=O)C=CC1=O)NCCCOCCOCCOCCCNC(=O)CCN1C(=O)C=CC1O. The lowest BCUT2D eigenvalue weighted by Crippen LogP contribution is -2.37. The lowest BCUT2D eigenvalue weighted by atomic mass is 10.3. The Morgan fingerprint density at radius 1 is 0.730 bits per heavy atom. The second-order valence-electron chi connectivity index (χ2n) is 8.21. The fourth-order valence-electron chi connectivity index (χ4n) is 3.35. The van der Waals surface area contributed by atoms with Gasteiger partial charge in [0.25, 0.3) is 11.8 Å². The molecular weight excluding hydrogens is 488 g/mol. The van der Waals surface area contributed by atoms with Crippen LogP contribution in [0.15, 0.2) is 24.3 Å². The van der Waals surface area contributed by atoms with Gasteiger partial charge in [-0.2, -0.15) is 0 Å². The summed E-state index contributed by atoms with van der Waals surface area (Å²) in [6, 6.07) is 0. The highest BCUT2D eigenvalue weighted by Gasteiger charge is 2.24. The Balaban J connectivity index is 1.28. The molecule has 206 valence electrons. The minimum absolute atomic E-state index is 0.0659. The van der Waals surface area contributed by atoms with Crippen LogP contribution in [-0.2, 0) is 38.2 Å². The van der Waals surface area contributed by atoms with Crippen LogP contribution in [0.25, 0.3) is 0 Å². The molecule has 0 spiro atoms. The standard InChI is InChI=1S/C24H36N4O9/c29-19(7-11-27-21(31)3-4-22(27)32)25-9-1-13-35-15-17-37-18-16-36-14-2-10-26-20(30)8-12-28-23(33)5-6-24(28)34/h3-6,21,31H,1-2,7-18H2,(H,25,29)(H,26,30). The van der Waals surface area contributed by atoms with Crippen LogP contribution in [0, 0.1) is 0 Å². The number of nitrogens with zero attached hydrogens (tertiary/aromatic N) is 2. The molecule has 2 aliphatic rings. The maximum Gasteiger partial charge on any atom is 0.253 e. The van der Waals surface area contributed by atoms with Gasteiger partial charge in [0.05, 0.1) is 26.4 Å². The van der Waals surface area contributed by atoms with E-state index in [0.717, 1.165) is 4.90 Å². The predicted molar refractivity (Wildman–Crippen MR) is 130 cm³/mol. The number of hydrogen-bond donors (Lipinski definition) is 3. The molecule has 3 N–H and O–H groups in total. The van der Waals surface area contributed by atoms with Crippen molar-refractivity contribution in [3.63, 3.8) is 0 Å².